The monoisotopic (exact) mass is 314 g/mol. The largest absolute Gasteiger partial charge is 0.492 e. The summed E-state index contributed by atoms with van der Waals surface area (Å²) in [7, 11) is 0. The molecule has 0 saturated carbocycles. The van der Waals surface area contributed by atoms with Gasteiger partial charge in [0.05, 0.1) is 31.8 Å². The maximum Gasteiger partial charge on any atom is 0.137 e. The van der Waals surface area contributed by atoms with Crippen LogP contribution in [-0.2, 0) is 11.3 Å². The molecular formula is C17H22N4O2. The molecule has 0 aromatic carbocycles. The minimum absolute atomic E-state index is 0.336. The van der Waals surface area contributed by atoms with Crippen LogP contribution in [0.3, 0.4) is 0 Å². The minimum atomic E-state index is 0.336. The number of nitrogens with one attached hydrogen (secondary N) is 1. The van der Waals surface area contributed by atoms with Crippen LogP contribution >= 0.6 is 0 Å². The Bertz CT molecular complexity index is 629. The maximum atomic E-state index is 5.98. The third-order valence-corrected chi connectivity index (χ3v) is 4.81. The van der Waals surface area contributed by atoms with Crippen molar-refractivity contribution in [1.82, 2.24) is 19.9 Å². The van der Waals surface area contributed by atoms with E-state index in [-0.39, 0.29) is 0 Å². The van der Waals surface area contributed by atoms with E-state index in [2.05, 4.69) is 19.9 Å². The second-order valence-corrected chi connectivity index (χ2v) is 6.51. The maximum absolute atomic E-state index is 5.98. The Hall–Kier alpha value is -1.92. The standard InChI is InChI=1S/C17H22N4O2/c1-12-2-3-15(5-19-12)22-9-13-10-23-17-8-21(7-16(13)17)6-14-4-18-11-20-14/h2-5,11,13,16-17H,6-10H2,1H3,(H,18,20)/t13-,16+,17+/m0/s1. The predicted octanol–water partition coefficient (Wildman–Crippen LogP) is 1.64. The smallest absolute Gasteiger partial charge is 0.137 e. The molecule has 6 nitrogen and oxygen atoms in total. The van der Waals surface area contributed by atoms with Gasteiger partial charge in [0.15, 0.2) is 0 Å². The summed E-state index contributed by atoms with van der Waals surface area (Å²) in [6.45, 7) is 6.43. The zero-order valence-corrected chi connectivity index (χ0v) is 13.3. The van der Waals surface area contributed by atoms with Gasteiger partial charge in [-0.15, -0.1) is 0 Å². The Morgan fingerprint density at radius 3 is 3.09 bits per heavy atom. The molecule has 2 aromatic heterocycles. The Kier molecular flexibility index (Phi) is 4.01. The van der Waals surface area contributed by atoms with E-state index in [1.54, 1.807) is 12.5 Å². The first-order valence-corrected chi connectivity index (χ1v) is 8.14. The summed E-state index contributed by atoms with van der Waals surface area (Å²) in [6.07, 6.45) is 5.75. The Balaban J connectivity index is 1.32. The van der Waals surface area contributed by atoms with Gasteiger partial charge in [0, 0.05) is 49.1 Å². The van der Waals surface area contributed by atoms with E-state index >= 15 is 0 Å². The number of aromatic nitrogens is 3. The van der Waals surface area contributed by atoms with Crippen LogP contribution in [0.4, 0.5) is 0 Å². The molecule has 23 heavy (non-hydrogen) atoms. The van der Waals surface area contributed by atoms with Gasteiger partial charge in [-0.2, -0.15) is 0 Å². The fourth-order valence-electron chi connectivity index (χ4n) is 3.54. The number of likely N-dealkylation sites (tertiary alicyclic amines) is 1. The molecule has 0 bridgehead atoms. The number of nitrogens with zero attached hydrogens (tertiary/aromatic N) is 3. The molecule has 2 aliphatic heterocycles. The highest BCUT2D eigenvalue weighted by Gasteiger charge is 2.44. The molecule has 0 radical (unpaired) electrons. The molecule has 1 N–H and O–H groups in total. The van der Waals surface area contributed by atoms with Gasteiger partial charge < -0.3 is 14.5 Å². The lowest BCUT2D eigenvalue weighted by Gasteiger charge is -2.19. The molecule has 3 atom stereocenters. The van der Waals surface area contributed by atoms with E-state index in [4.69, 9.17) is 9.47 Å². The molecular weight excluding hydrogens is 292 g/mol. The first kappa shape index (κ1) is 14.7. The SMILES string of the molecule is Cc1ccc(OC[C@H]2CO[C@@H]3CN(Cc4cnc[nH]4)C[C@H]23)cn1. The zero-order valence-electron chi connectivity index (χ0n) is 13.3. The summed E-state index contributed by atoms with van der Waals surface area (Å²) in [6, 6.07) is 3.96. The molecule has 2 aliphatic rings. The highest BCUT2D eigenvalue weighted by molar-refractivity contribution is 5.19. The molecule has 122 valence electrons. The first-order valence-electron chi connectivity index (χ1n) is 8.14. The van der Waals surface area contributed by atoms with Crippen LogP contribution in [0.15, 0.2) is 30.9 Å². The molecule has 2 saturated heterocycles. The summed E-state index contributed by atoms with van der Waals surface area (Å²) < 4.78 is 11.9. The van der Waals surface area contributed by atoms with Crippen molar-refractivity contribution < 1.29 is 9.47 Å². The summed E-state index contributed by atoms with van der Waals surface area (Å²) in [5, 5.41) is 0. The Morgan fingerprint density at radius 1 is 1.35 bits per heavy atom. The van der Waals surface area contributed by atoms with E-state index in [0.717, 1.165) is 43.4 Å². The van der Waals surface area contributed by atoms with Crippen molar-refractivity contribution in [2.75, 3.05) is 26.3 Å². The summed E-state index contributed by atoms with van der Waals surface area (Å²) in [4.78, 5) is 14.0. The fourth-order valence-corrected chi connectivity index (χ4v) is 3.54. The van der Waals surface area contributed by atoms with Gasteiger partial charge in [0.2, 0.25) is 0 Å². The molecule has 4 heterocycles. The minimum Gasteiger partial charge on any atom is -0.492 e. The van der Waals surface area contributed by atoms with Crippen molar-refractivity contribution >= 4 is 0 Å². The lowest BCUT2D eigenvalue weighted by molar-refractivity contribution is 0.0895. The second kappa shape index (κ2) is 6.29. The molecule has 2 aromatic rings. The molecule has 0 amide bonds. The number of H-pyrrole nitrogens is 1. The van der Waals surface area contributed by atoms with Crippen molar-refractivity contribution in [3.63, 3.8) is 0 Å². The third-order valence-electron chi connectivity index (χ3n) is 4.81. The van der Waals surface area contributed by atoms with E-state index < -0.39 is 0 Å². The molecule has 0 spiro atoms. The van der Waals surface area contributed by atoms with Gasteiger partial charge in [-0.3, -0.25) is 9.88 Å². The normalized spacial score (nSPS) is 27.3. The molecule has 4 rings (SSSR count). The average molecular weight is 314 g/mol. The van der Waals surface area contributed by atoms with Crippen LogP contribution in [0.2, 0.25) is 0 Å². The average Bonchev–Trinajstić information content (AvgIpc) is 3.25. The van der Waals surface area contributed by atoms with E-state index in [1.165, 1.54) is 0 Å². The summed E-state index contributed by atoms with van der Waals surface area (Å²) >= 11 is 0. The number of hydrogen-bond acceptors (Lipinski definition) is 5. The molecule has 2 fully saturated rings. The Morgan fingerprint density at radius 2 is 2.30 bits per heavy atom. The first-order chi connectivity index (χ1) is 11.3. The highest BCUT2D eigenvalue weighted by Crippen LogP contribution is 2.34. The summed E-state index contributed by atoms with van der Waals surface area (Å²) in [5.74, 6) is 1.84. The molecule has 0 aliphatic carbocycles. The number of aryl methyl sites for hydroxylation is 1. The van der Waals surface area contributed by atoms with Crippen molar-refractivity contribution in [1.29, 1.82) is 0 Å². The number of hydrogen-bond donors (Lipinski definition) is 1. The van der Waals surface area contributed by atoms with E-state index in [1.807, 2.05) is 25.3 Å². The van der Waals surface area contributed by atoms with Crippen molar-refractivity contribution in [3.05, 3.63) is 42.2 Å². The number of rotatable bonds is 5. The topological polar surface area (TPSA) is 63.3 Å². The van der Waals surface area contributed by atoms with Crippen LogP contribution in [0.5, 0.6) is 5.75 Å². The van der Waals surface area contributed by atoms with E-state index in [0.29, 0.717) is 24.5 Å². The van der Waals surface area contributed by atoms with Crippen molar-refractivity contribution in [3.8, 4) is 5.75 Å². The fraction of sp³-hybridized carbons (Fsp3) is 0.529. The van der Waals surface area contributed by atoms with Gasteiger partial charge >= 0.3 is 0 Å². The lowest BCUT2D eigenvalue weighted by atomic mass is 9.94. The van der Waals surface area contributed by atoms with Crippen LogP contribution in [-0.4, -0.2) is 52.3 Å². The van der Waals surface area contributed by atoms with Crippen LogP contribution < -0.4 is 4.74 Å². The highest BCUT2D eigenvalue weighted by atomic mass is 16.5. The van der Waals surface area contributed by atoms with Gasteiger partial charge in [-0.25, -0.2) is 4.98 Å². The van der Waals surface area contributed by atoms with Crippen LogP contribution in [0.1, 0.15) is 11.4 Å². The third kappa shape index (κ3) is 3.23. The Labute approximate surface area is 135 Å². The second-order valence-electron chi connectivity index (χ2n) is 6.51. The van der Waals surface area contributed by atoms with Gasteiger partial charge in [-0.1, -0.05) is 0 Å². The molecule has 6 heteroatoms. The van der Waals surface area contributed by atoms with Gasteiger partial charge in [-0.05, 0) is 19.1 Å². The number of ether oxygens (including phenoxy) is 2. The summed E-state index contributed by atoms with van der Waals surface area (Å²) in [5.41, 5.74) is 2.16. The number of aromatic amines is 1. The quantitative estimate of drug-likeness (QED) is 0.909. The predicted molar refractivity (Wildman–Crippen MR) is 85.1 cm³/mol. The van der Waals surface area contributed by atoms with Gasteiger partial charge in [0.1, 0.15) is 5.75 Å². The van der Waals surface area contributed by atoms with Crippen molar-refractivity contribution in [2.45, 2.75) is 19.6 Å². The van der Waals surface area contributed by atoms with Crippen LogP contribution in [0, 0.1) is 18.8 Å². The van der Waals surface area contributed by atoms with Gasteiger partial charge in [0.25, 0.3) is 0 Å². The zero-order chi connectivity index (χ0) is 15.6. The lowest BCUT2D eigenvalue weighted by Crippen LogP contribution is -2.26. The van der Waals surface area contributed by atoms with Crippen LogP contribution in [0.25, 0.3) is 0 Å². The molecule has 0 unspecified atom stereocenters. The number of fused-ring (bicyclic) bond motifs is 1. The number of pyridine rings is 1. The van der Waals surface area contributed by atoms with Crippen molar-refractivity contribution in [2.24, 2.45) is 11.8 Å². The van der Waals surface area contributed by atoms with E-state index in [9.17, 15) is 0 Å². The number of imidazole rings is 1.